The number of nitrogens with zero attached hydrogens (tertiary/aromatic N) is 4. The second-order valence-corrected chi connectivity index (χ2v) is 8.08. The van der Waals surface area contributed by atoms with Gasteiger partial charge in [0.05, 0.1) is 22.7 Å². The third-order valence-electron chi connectivity index (χ3n) is 6.42. The lowest BCUT2D eigenvalue weighted by molar-refractivity contribution is 0.0622. The maximum Gasteiger partial charge on any atom is 0.256 e. The molecule has 3 heterocycles. The lowest BCUT2D eigenvalue weighted by Crippen LogP contribution is -2.44. The Morgan fingerprint density at radius 1 is 1.12 bits per heavy atom. The van der Waals surface area contributed by atoms with Gasteiger partial charge in [0, 0.05) is 49.2 Å². The fourth-order valence-electron chi connectivity index (χ4n) is 4.39. The molecule has 1 aromatic carbocycles. The van der Waals surface area contributed by atoms with Gasteiger partial charge in [0.1, 0.15) is 11.6 Å². The molecule has 1 atom stereocenters. The van der Waals surface area contributed by atoms with E-state index in [0.717, 1.165) is 11.6 Å². The number of rotatable bonds is 4. The summed E-state index contributed by atoms with van der Waals surface area (Å²) < 4.78 is 27.7. The van der Waals surface area contributed by atoms with Gasteiger partial charge < -0.3 is 4.90 Å². The van der Waals surface area contributed by atoms with E-state index in [1.807, 2.05) is 0 Å². The van der Waals surface area contributed by atoms with Gasteiger partial charge in [-0.25, -0.2) is 8.78 Å². The molecule has 32 heavy (non-hydrogen) atoms. The van der Waals surface area contributed by atoms with Gasteiger partial charge in [-0.15, -0.1) is 0 Å². The first kappa shape index (κ1) is 21.6. The minimum absolute atomic E-state index is 0.155. The van der Waals surface area contributed by atoms with E-state index in [1.54, 1.807) is 54.7 Å². The van der Waals surface area contributed by atoms with Gasteiger partial charge in [0.15, 0.2) is 0 Å². The largest absolute Gasteiger partial charge is 0.338 e. The van der Waals surface area contributed by atoms with Crippen molar-refractivity contribution in [2.24, 2.45) is 5.41 Å². The maximum absolute atomic E-state index is 14.4. The molecule has 5 nitrogen and oxygen atoms in total. The van der Waals surface area contributed by atoms with Gasteiger partial charge in [0.2, 0.25) is 0 Å². The van der Waals surface area contributed by atoms with Gasteiger partial charge in [-0.05, 0) is 48.7 Å². The molecule has 1 amide bonds. The fourth-order valence-corrected chi connectivity index (χ4v) is 4.39. The highest BCUT2D eigenvalue weighted by Gasteiger charge is 2.42. The molecule has 162 valence electrons. The zero-order valence-corrected chi connectivity index (χ0v) is 17.6. The van der Waals surface area contributed by atoms with Gasteiger partial charge in [-0.1, -0.05) is 13.0 Å². The average molecular weight is 432 g/mol. The molecule has 1 aliphatic rings. The standard InChI is InChI=1S/C25H22F2N4O/c1-17(20-5-4-19(26)15-22(20)27)25(16-28)8-13-31(14-9-25)24(32)21-3-2-10-30-23(21)18-6-11-29-12-7-18/h2-7,10-12,15,17H,8-9,13-14H2,1H3/t17-/m1/s1. The quantitative estimate of drug-likeness (QED) is 0.584. The molecule has 0 bridgehead atoms. The molecule has 1 saturated heterocycles. The summed E-state index contributed by atoms with van der Waals surface area (Å²) in [6, 6.07) is 12.9. The van der Waals surface area contributed by atoms with Crippen LogP contribution in [0.3, 0.4) is 0 Å². The zero-order valence-electron chi connectivity index (χ0n) is 17.6. The van der Waals surface area contributed by atoms with Crippen LogP contribution in [0.15, 0.2) is 61.1 Å². The monoisotopic (exact) mass is 432 g/mol. The number of carbonyl (C=O) groups is 1. The molecule has 0 radical (unpaired) electrons. The lowest BCUT2D eigenvalue weighted by Gasteiger charge is -2.41. The number of hydrogen-bond donors (Lipinski definition) is 0. The van der Waals surface area contributed by atoms with Crippen LogP contribution in [0, 0.1) is 28.4 Å². The summed E-state index contributed by atoms with van der Waals surface area (Å²) in [5.74, 6) is -1.89. The van der Waals surface area contributed by atoms with Gasteiger partial charge in [0.25, 0.3) is 5.91 Å². The van der Waals surface area contributed by atoms with Crippen molar-refractivity contribution in [3.8, 4) is 17.3 Å². The van der Waals surface area contributed by atoms with E-state index >= 15 is 0 Å². The summed E-state index contributed by atoms with van der Waals surface area (Å²) in [7, 11) is 0. The molecule has 1 aliphatic heterocycles. The number of nitriles is 1. The summed E-state index contributed by atoms with van der Waals surface area (Å²) in [5, 5.41) is 9.99. The Hall–Kier alpha value is -3.66. The van der Waals surface area contributed by atoms with E-state index in [9.17, 15) is 18.8 Å². The minimum atomic E-state index is -0.835. The summed E-state index contributed by atoms with van der Waals surface area (Å²) in [6.45, 7) is 2.52. The van der Waals surface area contributed by atoms with Crippen LogP contribution in [0.4, 0.5) is 8.78 Å². The van der Waals surface area contributed by atoms with E-state index < -0.39 is 23.0 Å². The molecule has 3 aromatic rings. The molecule has 1 fully saturated rings. The Labute approximate surface area is 185 Å². The highest BCUT2D eigenvalue weighted by molar-refractivity contribution is 5.99. The first-order valence-corrected chi connectivity index (χ1v) is 10.5. The molecule has 0 saturated carbocycles. The van der Waals surface area contributed by atoms with Crippen LogP contribution < -0.4 is 0 Å². The molecular weight excluding hydrogens is 410 g/mol. The second kappa shape index (κ2) is 8.83. The van der Waals surface area contributed by atoms with Crippen LogP contribution in [0.25, 0.3) is 11.3 Å². The van der Waals surface area contributed by atoms with Gasteiger partial charge in [-0.3, -0.25) is 14.8 Å². The molecule has 0 spiro atoms. The predicted octanol–water partition coefficient (Wildman–Crippen LogP) is 4.97. The van der Waals surface area contributed by atoms with E-state index in [4.69, 9.17) is 0 Å². The van der Waals surface area contributed by atoms with Crippen molar-refractivity contribution >= 4 is 5.91 Å². The van der Waals surface area contributed by atoms with Crippen molar-refractivity contribution in [1.29, 1.82) is 5.26 Å². The van der Waals surface area contributed by atoms with Crippen molar-refractivity contribution in [1.82, 2.24) is 14.9 Å². The van der Waals surface area contributed by atoms with E-state index in [-0.39, 0.29) is 5.91 Å². The van der Waals surface area contributed by atoms with Crippen LogP contribution in [-0.4, -0.2) is 33.9 Å². The zero-order chi connectivity index (χ0) is 22.7. The Balaban J connectivity index is 1.55. The first-order chi connectivity index (χ1) is 15.4. The van der Waals surface area contributed by atoms with Crippen molar-refractivity contribution in [2.45, 2.75) is 25.7 Å². The lowest BCUT2D eigenvalue weighted by atomic mass is 9.68. The molecule has 2 aromatic heterocycles. The van der Waals surface area contributed by atoms with Crippen LogP contribution in [0.5, 0.6) is 0 Å². The number of pyridine rings is 2. The summed E-state index contributed by atoms with van der Waals surface area (Å²) in [4.78, 5) is 23.4. The fraction of sp³-hybridized carbons (Fsp3) is 0.280. The maximum atomic E-state index is 14.4. The number of likely N-dealkylation sites (tertiary alicyclic amines) is 1. The highest BCUT2D eigenvalue weighted by Crippen LogP contribution is 2.45. The van der Waals surface area contributed by atoms with Crippen molar-refractivity contribution in [3.63, 3.8) is 0 Å². The number of aromatic nitrogens is 2. The van der Waals surface area contributed by atoms with E-state index in [0.29, 0.717) is 42.8 Å². The number of halogens is 2. The number of carbonyl (C=O) groups excluding carboxylic acids is 1. The number of benzene rings is 1. The predicted molar refractivity (Wildman–Crippen MR) is 115 cm³/mol. The summed E-state index contributed by atoms with van der Waals surface area (Å²) >= 11 is 0. The number of hydrogen-bond acceptors (Lipinski definition) is 4. The molecule has 0 aliphatic carbocycles. The summed E-state index contributed by atoms with van der Waals surface area (Å²) in [5.41, 5.74) is 1.35. The van der Waals surface area contributed by atoms with Crippen LogP contribution in [0.1, 0.15) is 41.6 Å². The third kappa shape index (κ3) is 3.96. The smallest absolute Gasteiger partial charge is 0.256 e. The van der Waals surface area contributed by atoms with Crippen molar-refractivity contribution in [2.75, 3.05) is 13.1 Å². The van der Waals surface area contributed by atoms with Crippen molar-refractivity contribution < 1.29 is 13.6 Å². The topological polar surface area (TPSA) is 69.9 Å². The van der Waals surface area contributed by atoms with E-state index in [2.05, 4.69) is 16.0 Å². The van der Waals surface area contributed by atoms with Gasteiger partial charge in [-0.2, -0.15) is 5.26 Å². The Morgan fingerprint density at radius 3 is 2.50 bits per heavy atom. The summed E-state index contributed by atoms with van der Waals surface area (Å²) in [6.07, 6.45) is 5.74. The molecular formula is C25H22F2N4O. The van der Waals surface area contributed by atoms with Crippen LogP contribution >= 0.6 is 0 Å². The van der Waals surface area contributed by atoms with Gasteiger partial charge >= 0.3 is 0 Å². The second-order valence-electron chi connectivity index (χ2n) is 8.08. The minimum Gasteiger partial charge on any atom is -0.338 e. The normalized spacial score (nSPS) is 16.2. The molecule has 7 heteroatoms. The number of amides is 1. The van der Waals surface area contributed by atoms with Crippen LogP contribution in [-0.2, 0) is 0 Å². The Morgan fingerprint density at radius 2 is 1.84 bits per heavy atom. The highest BCUT2D eigenvalue weighted by atomic mass is 19.1. The Bertz CT molecular complexity index is 1170. The Kier molecular flexibility index (Phi) is 5.95. The first-order valence-electron chi connectivity index (χ1n) is 10.5. The van der Waals surface area contributed by atoms with Crippen molar-refractivity contribution in [3.05, 3.63) is 83.8 Å². The SMILES string of the molecule is C[C@H](c1ccc(F)cc1F)C1(C#N)CCN(C(=O)c2cccnc2-c2ccncc2)CC1. The molecule has 4 rings (SSSR count). The average Bonchev–Trinajstić information content (AvgIpc) is 2.84. The molecule has 0 unspecified atom stereocenters. The van der Waals surface area contributed by atoms with Crippen LogP contribution in [0.2, 0.25) is 0 Å². The third-order valence-corrected chi connectivity index (χ3v) is 6.42. The molecule has 0 N–H and O–H groups in total. The number of piperidine rings is 1. The van der Waals surface area contributed by atoms with E-state index in [1.165, 1.54) is 12.1 Å².